The third kappa shape index (κ3) is 2.47. The van der Waals surface area contributed by atoms with Crippen molar-refractivity contribution in [2.24, 2.45) is 0 Å². The molecule has 1 aromatic heterocycles. The molecule has 0 fully saturated rings. The lowest BCUT2D eigenvalue weighted by atomic mass is 10.2. The molecule has 0 aliphatic heterocycles. The molecule has 0 amide bonds. The number of terminal acetylenes is 1. The van der Waals surface area contributed by atoms with Crippen LogP contribution in [0.1, 0.15) is 5.56 Å². The molecule has 0 unspecified atom stereocenters. The predicted octanol–water partition coefficient (Wildman–Crippen LogP) is 1.59. The van der Waals surface area contributed by atoms with Gasteiger partial charge in [0.2, 0.25) is 0 Å². The third-order valence-corrected chi connectivity index (χ3v) is 3.16. The standard InChI is InChI=1S/C14H11ClN2O2/c1-3-6-16-7-8-17(14(19)13(16)18)11-4-5-12(15)10(2)9-11/h1,4-5,7-9H,6H2,2H3. The number of hydrogen-bond acceptors (Lipinski definition) is 2. The fraction of sp³-hybridized carbons (Fsp3) is 0.143. The Balaban J connectivity index is 2.62. The van der Waals surface area contributed by atoms with Gasteiger partial charge in [-0.05, 0) is 30.7 Å². The Kier molecular flexibility index (Phi) is 3.59. The summed E-state index contributed by atoms with van der Waals surface area (Å²) < 4.78 is 2.47. The Morgan fingerprint density at radius 3 is 2.63 bits per heavy atom. The Bertz CT molecular complexity index is 781. The highest BCUT2D eigenvalue weighted by molar-refractivity contribution is 6.31. The zero-order valence-electron chi connectivity index (χ0n) is 10.3. The van der Waals surface area contributed by atoms with Gasteiger partial charge >= 0.3 is 11.1 Å². The Labute approximate surface area is 114 Å². The molecule has 0 spiro atoms. The summed E-state index contributed by atoms with van der Waals surface area (Å²) in [6.07, 6.45) is 8.14. The van der Waals surface area contributed by atoms with Crippen LogP contribution in [0.3, 0.4) is 0 Å². The minimum Gasteiger partial charge on any atom is -0.298 e. The Morgan fingerprint density at radius 1 is 1.26 bits per heavy atom. The first kappa shape index (κ1) is 13.2. The van der Waals surface area contributed by atoms with E-state index in [9.17, 15) is 9.59 Å². The predicted molar refractivity (Wildman–Crippen MR) is 74.9 cm³/mol. The van der Waals surface area contributed by atoms with Crippen LogP contribution in [0, 0.1) is 19.3 Å². The van der Waals surface area contributed by atoms with Crippen LogP contribution in [-0.2, 0) is 6.54 Å². The fourth-order valence-electron chi connectivity index (χ4n) is 1.71. The van der Waals surface area contributed by atoms with E-state index in [2.05, 4.69) is 5.92 Å². The molecule has 96 valence electrons. The summed E-state index contributed by atoms with van der Waals surface area (Å²) in [7, 11) is 0. The second-order valence-electron chi connectivity index (χ2n) is 4.04. The SMILES string of the molecule is C#CCn1ccn(-c2ccc(Cl)c(C)c2)c(=O)c1=O. The van der Waals surface area contributed by atoms with Crippen molar-refractivity contribution in [1.82, 2.24) is 9.13 Å². The van der Waals surface area contributed by atoms with Gasteiger partial charge in [0, 0.05) is 23.1 Å². The number of nitrogens with zero attached hydrogens (tertiary/aromatic N) is 2. The number of benzene rings is 1. The first-order valence-corrected chi connectivity index (χ1v) is 5.94. The zero-order chi connectivity index (χ0) is 14.0. The second-order valence-corrected chi connectivity index (χ2v) is 4.45. The Morgan fingerprint density at radius 2 is 2.00 bits per heavy atom. The highest BCUT2D eigenvalue weighted by atomic mass is 35.5. The summed E-state index contributed by atoms with van der Waals surface area (Å²) in [4.78, 5) is 23.8. The van der Waals surface area contributed by atoms with Gasteiger partial charge in [-0.1, -0.05) is 17.5 Å². The summed E-state index contributed by atoms with van der Waals surface area (Å²) in [5.41, 5.74) is 0.142. The van der Waals surface area contributed by atoms with E-state index in [-0.39, 0.29) is 6.54 Å². The zero-order valence-corrected chi connectivity index (χ0v) is 11.0. The normalized spacial score (nSPS) is 10.2. The monoisotopic (exact) mass is 274 g/mol. The smallest absolute Gasteiger partial charge is 0.298 e. The molecule has 19 heavy (non-hydrogen) atoms. The highest BCUT2D eigenvalue weighted by Crippen LogP contribution is 2.17. The van der Waals surface area contributed by atoms with Crippen LogP contribution in [0.5, 0.6) is 0 Å². The largest absolute Gasteiger partial charge is 0.321 e. The molecule has 0 atom stereocenters. The molecule has 5 heteroatoms. The molecule has 2 rings (SSSR count). The van der Waals surface area contributed by atoms with E-state index in [1.807, 2.05) is 6.92 Å². The number of aryl methyl sites for hydroxylation is 1. The van der Waals surface area contributed by atoms with Gasteiger partial charge in [-0.15, -0.1) is 6.42 Å². The van der Waals surface area contributed by atoms with Gasteiger partial charge in [0.25, 0.3) is 0 Å². The van der Waals surface area contributed by atoms with Gasteiger partial charge in [0.1, 0.15) is 0 Å². The summed E-state index contributed by atoms with van der Waals surface area (Å²) >= 11 is 5.93. The maximum absolute atomic E-state index is 12.0. The Hall–Kier alpha value is -2.25. The number of hydrogen-bond donors (Lipinski definition) is 0. The van der Waals surface area contributed by atoms with Crippen molar-refractivity contribution in [2.75, 3.05) is 0 Å². The van der Waals surface area contributed by atoms with E-state index in [1.165, 1.54) is 21.5 Å². The van der Waals surface area contributed by atoms with Gasteiger partial charge in [-0.2, -0.15) is 0 Å². The van der Waals surface area contributed by atoms with Gasteiger partial charge < -0.3 is 0 Å². The van der Waals surface area contributed by atoms with Gasteiger partial charge in [0.05, 0.1) is 6.54 Å². The second kappa shape index (κ2) is 5.17. The van der Waals surface area contributed by atoms with E-state index >= 15 is 0 Å². The molecule has 2 aromatic rings. The van der Waals surface area contributed by atoms with Gasteiger partial charge in [-0.3, -0.25) is 18.7 Å². The number of halogens is 1. The molecule has 4 nitrogen and oxygen atoms in total. The average molecular weight is 275 g/mol. The van der Waals surface area contributed by atoms with E-state index in [0.29, 0.717) is 10.7 Å². The van der Waals surface area contributed by atoms with E-state index < -0.39 is 11.1 Å². The third-order valence-electron chi connectivity index (χ3n) is 2.74. The molecular formula is C14H11ClN2O2. The van der Waals surface area contributed by atoms with Crippen molar-refractivity contribution in [2.45, 2.75) is 13.5 Å². The van der Waals surface area contributed by atoms with Gasteiger partial charge in [-0.25, -0.2) is 0 Å². The summed E-state index contributed by atoms with van der Waals surface area (Å²) in [6.45, 7) is 1.91. The molecule has 0 saturated carbocycles. The van der Waals surface area contributed by atoms with Crippen LogP contribution in [0.15, 0.2) is 40.2 Å². The van der Waals surface area contributed by atoms with Crippen molar-refractivity contribution in [1.29, 1.82) is 0 Å². The molecule has 0 aliphatic rings. The van der Waals surface area contributed by atoms with E-state index in [0.717, 1.165) is 5.56 Å². The van der Waals surface area contributed by atoms with Crippen LogP contribution in [0.4, 0.5) is 0 Å². The maximum Gasteiger partial charge on any atom is 0.321 e. The molecule has 0 saturated heterocycles. The van der Waals surface area contributed by atoms with Crippen LogP contribution in [0.2, 0.25) is 5.02 Å². The number of aromatic nitrogens is 2. The summed E-state index contributed by atoms with van der Waals surface area (Å²) in [5, 5.41) is 0.609. The van der Waals surface area contributed by atoms with E-state index in [1.54, 1.807) is 18.2 Å². The van der Waals surface area contributed by atoms with Crippen molar-refractivity contribution in [3.05, 3.63) is 61.9 Å². The van der Waals surface area contributed by atoms with Gasteiger partial charge in [0.15, 0.2) is 0 Å². The van der Waals surface area contributed by atoms with E-state index in [4.69, 9.17) is 18.0 Å². The van der Waals surface area contributed by atoms with Crippen LogP contribution < -0.4 is 11.1 Å². The molecule has 0 aliphatic carbocycles. The first-order valence-electron chi connectivity index (χ1n) is 5.56. The minimum atomic E-state index is -0.645. The molecule has 0 N–H and O–H groups in total. The molecule has 1 heterocycles. The van der Waals surface area contributed by atoms with Crippen LogP contribution >= 0.6 is 11.6 Å². The first-order chi connectivity index (χ1) is 9.04. The lowest BCUT2D eigenvalue weighted by Gasteiger charge is -2.08. The van der Waals surface area contributed by atoms with Crippen LogP contribution in [-0.4, -0.2) is 9.13 Å². The summed E-state index contributed by atoms with van der Waals surface area (Å²) in [6, 6.07) is 5.11. The maximum atomic E-state index is 12.0. The van der Waals surface area contributed by atoms with Crippen molar-refractivity contribution >= 4 is 11.6 Å². The number of rotatable bonds is 2. The highest BCUT2D eigenvalue weighted by Gasteiger charge is 2.07. The summed E-state index contributed by atoms with van der Waals surface area (Å²) in [5.74, 6) is 2.33. The van der Waals surface area contributed by atoms with Crippen molar-refractivity contribution < 1.29 is 0 Å². The van der Waals surface area contributed by atoms with Crippen molar-refractivity contribution in [3.63, 3.8) is 0 Å². The lowest BCUT2D eigenvalue weighted by Crippen LogP contribution is -2.39. The van der Waals surface area contributed by atoms with Crippen molar-refractivity contribution in [3.8, 4) is 18.0 Å². The molecule has 1 aromatic carbocycles. The minimum absolute atomic E-state index is 0.0779. The topological polar surface area (TPSA) is 44.0 Å². The molecular weight excluding hydrogens is 264 g/mol. The van der Waals surface area contributed by atoms with Crippen LogP contribution in [0.25, 0.3) is 5.69 Å². The lowest BCUT2D eigenvalue weighted by molar-refractivity contribution is 0.744. The molecule has 0 bridgehead atoms. The molecule has 0 radical (unpaired) electrons. The quantitative estimate of drug-likeness (QED) is 0.617. The fourth-order valence-corrected chi connectivity index (χ4v) is 1.83. The average Bonchev–Trinajstić information content (AvgIpc) is 2.39.